The van der Waals surface area contributed by atoms with Gasteiger partial charge in [-0.2, -0.15) is 5.10 Å². The average Bonchev–Trinajstić information content (AvgIpc) is 2.81. The van der Waals surface area contributed by atoms with Crippen LogP contribution in [0.1, 0.15) is 30.3 Å². The molecule has 1 fully saturated rings. The third-order valence-corrected chi connectivity index (χ3v) is 4.00. The SMILES string of the molecule is COc1c(C)cccc1-c1cn(C2CNC2)nc1C(C)O. The first-order chi connectivity index (χ1) is 10.1. The molecule has 0 amide bonds. The molecular formula is C16H21N3O2. The monoisotopic (exact) mass is 287 g/mol. The minimum atomic E-state index is -0.612. The Morgan fingerprint density at radius 1 is 1.38 bits per heavy atom. The number of nitrogens with zero attached hydrogens (tertiary/aromatic N) is 2. The largest absolute Gasteiger partial charge is 0.496 e. The summed E-state index contributed by atoms with van der Waals surface area (Å²) in [6.45, 7) is 5.61. The molecule has 0 bridgehead atoms. The molecule has 3 rings (SSSR count). The van der Waals surface area contributed by atoms with E-state index in [9.17, 15) is 5.11 Å². The van der Waals surface area contributed by atoms with E-state index in [1.54, 1.807) is 14.0 Å². The smallest absolute Gasteiger partial charge is 0.129 e. The first kappa shape index (κ1) is 14.1. The molecule has 1 aromatic heterocycles. The lowest BCUT2D eigenvalue weighted by Gasteiger charge is -2.27. The topological polar surface area (TPSA) is 59.3 Å². The number of aryl methyl sites for hydroxylation is 1. The Balaban J connectivity index is 2.12. The Morgan fingerprint density at radius 3 is 2.71 bits per heavy atom. The van der Waals surface area contributed by atoms with Crippen molar-refractivity contribution in [1.29, 1.82) is 0 Å². The number of nitrogens with one attached hydrogen (secondary N) is 1. The van der Waals surface area contributed by atoms with Crippen LogP contribution in [0.25, 0.3) is 11.1 Å². The Bertz CT molecular complexity index is 645. The molecule has 2 aromatic rings. The molecule has 1 unspecified atom stereocenters. The predicted octanol–water partition coefficient (Wildman–Crippen LogP) is 2.06. The fourth-order valence-corrected chi connectivity index (χ4v) is 2.70. The summed E-state index contributed by atoms with van der Waals surface area (Å²) in [4.78, 5) is 0. The standard InChI is InChI=1S/C16H21N3O2/c1-10-5-4-6-13(16(10)21-3)14-9-19(12-7-17-8-12)18-15(14)11(2)20/h4-6,9,11-12,17,20H,7-8H2,1-3H3. The average molecular weight is 287 g/mol. The summed E-state index contributed by atoms with van der Waals surface area (Å²) in [5.74, 6) is 0.839. The van der Waals surface area contributed by atoms with Gasteiger partial charge in [-0.3, -0.25) is 4.68 Å². The van der Waals surface area contributed by atoms with Crippen LogP contribution in [0.15, 0.2) is 24.4 Å². The molecule has 1 aliphatic heterocycles. The minimum Gasteiger partial charge on any atom is -0.496 e. The molecule has 0 aliphatic carbocycles. The Morgan fingerprint density at radius 2 is 2.14 bits per heavy atom. The highest BCUT2D eigenvalue weighted by molar-refractivity contribution is 5.73. The van der Waals surface area contributed by atoms with Crippen molar-refractivity contribution in [2.75, 3.05) is 20.2 Å². The molecule has 2 N–H and O–H groups in total. The zero-order chi connectivity index (χ0) is 15.0. The number of ether oxygens (including phenoxy) is 1. The molecule has 1 aliphatic rings. The van der Waals surface area contributed by atoms with Crippen LogP contribution in [0.4, 0.5) is 0 Å². The Kier molecular flexibility index (Phi) is 3.69. The molecule has 2 heterocycles. The lowest BCUT2D eigenvalue weighted by Crippen LogP contribution is -2.43. The van der Waals surface area contributed by atoms with Crippen LogP contribution in [0, 0.1) is 6.92 Å². The van der Waals surface area contributed by atoms with Gasteiger partial charge in [0.1, 0.15) is 5.75 Å². The van der Waals surface area contributed by atoms with Gasteiger partial charge in [-0.25, -0.2) is 0 Å². The number of hydrogen-bond donors (Lipinski definition) is 2. The summed E-state index contributed by atoms with van der Waals surface area (Å²) in [6.07, 6.45) is 1.41. The molecule has 0 saturated carbocycles. The van der Waals surface area contributed by atoms with Crippen molar-refractivity contribution in [3.05, 3.63) is 35.7 Å². The molecule has 1 saturated heterocycles. The summed E-state index contributed by atoms with van der Waals surface area (Å²) in [7, 11) is 1.67. The maximum atomic E-state index is 10.1. The van der Waals surface area contributed by atoms with Crippen molar-refractivity contribution in [3.8, 4) is 16.9 Å². The van der Waals surface area contributed by atoms with Crippen molar-refractivity contribution >= 4 is 0 Å². The minimum absolute atomic E-state index is 0.368. The van der Waals surface area contributed by atoms with Gasteiger partial charge in [-0.15, -0.1) is 0 Å². The number of benzene rings is 1. The van der Waals surface area contributed by atoms with E-state index in [1.807, 2.05) is 36.0 Å². The normalized spacial score (nSPS) is 16.6. The number of hydrogen-bond acceptors (Lipinski definition) is 4. The van der Waals surface area contributed by atoms with Crippen LogP contribution >= 0.6 is 0 Å². The zero-order valence-corrected chi connectivity index (χ0v) is 12.6. The second kappa shape index (κ2) is 5.50. The molecule has 112 valence electrons. The van der Waals surface area contributed by atoms with Crippen molar-refractivity contribution in [2.24, 2.45) is 0 Å². The maximum absolute atomic E-state index is 10.1. The Hall–Kier alpha value is -1.85. The van der Waals surface area contributed by atoms with E-state index in [1.165, 1.54) is 0 Å². The van der Waals surface area contributed by atoms with Crippen molar-refractivity contribution < 1.29 is 9.84 Å². The number of aromatic nitrogens is 2. The van der Waals surface area contributed by atoms with E-state index in [4.69, 9.17) is 4.74 Å². The molecule has 5 nitrogen and oxygen atoms in total. The van der Waals surface area contributed by atoms with E-state index < -0.39 is 6.10 Å². The quantitative estimate of drug-likeness (QED) is 0.904. The van der Waals surface area contributed by atoms with Crippen LogP contribution in [-0.2, 0) is 0 Å². The third kappa shape index (κ3) is 2.43. The van der Waals surface area contributed by atoms with Gasteiger partial charge < -0.3 is 15.2 Å². The number of para-hydroxylation sites is 1. The van der Waals surface area contributed by atoms with E-state index in [2.05, 4.69) is 10.4 Å². The van der Waals surface area contributed by atoms with Crippen molar-refractivity contribution in [2.45, 2.75) is 26.0 Å². The van der Waals surface area contributed by atoms with Gasteiger partial charge in [0.05, 0.1) is 24.9 Å². The number of aliphatic hydroxyl groups is 1. The molecule has 21 heavy (non-hydrogen) atoms. The summed E-state index contributed by atoms with van der Waals surface area (Å²) in [6, 6.07) is 6.40. The van der Waals surface area contributed by atoms with Crippen molar-refractivity contribution in [3.63, 3.8) is 0 Å². The van der Waals surface area contributed by atoms with Gasteiger partial charge in [0.25, 0.3) is 0 Å². The molecule has 5 heteroatoms. The van der Waals surface area contributed by atoms with Crippen molar-refractivity contribution in [1.82, 2.24) is 15.1 Å². The van der Waals surface area contributed by atoms with Gasteiger partial charge in [0, 0.05) is 30.4 Å². The summed E-state index contributed by atoms with van der Waals surface area (Å²) in [5, 5.41) is 17.9. The van der Waals surface area contributed by atoms with E-state index >= 15 is 0 Å². The Labute approximate surface area is 124 Å². The van der Waals surface area contributed by atoms with E-state index in [-0.39, 0.29) is 0 Å². The van der Waals surface area contributed by atoms with Gasteiger partial charge in [-0.05, 0) is 19.4 Å². The highest BCUT2D eigenvalue weighted by Crippen LogP contribution is 2.37. The third-order valence-electron chi connectivity index (χ3n) is 4.00. The second-order valence-corrected chi connectivity index (χ2v) is 5.55. The van der Waals surface area contributed by atoms with Crippen LogP contribution in [0.3, 0.4) is 0 Å². The highest BCUT2D eigenvalue weighted by atomic mass is 16.5. The van der Waals surface area contributed by atoms with Gasteiger partial charge in [0.2, 0.25) is 0 Å². The summed E-state index contributed by atoms with van der Waals surface area (Å²) in [5.41, 5.74) is 3.69. The number of aliphatic hydroxyl groups excluding tert-OH is 1. The van der Waals surface area contributed by atoms with E-state index in [0.717, 1.165) is 35.5 Å². The molecule has 1 aromatic carbocycles. The first-order valence-electron chi connectivity index (χ1n) is 7.23. The first-order valence-corrected chi connectivity index (χ1v) is 7.23. The fourth-order valence-electron chi connectivity index (χ4n) is 2.70. The zero-order valence-electron chi connectivity index (χ0n) is 12.6. The summed E-state index contributed by atoms with van der Waals surface area (Å²) < 4.78 is 7.50. The van der Waals surface area contributed by atoms with Crippen LogP contribution in [-0.4, -0.2) is 35.1 Å². The lowest BCUT2D eigenvalue weighted by atomic mass is 10.0. The number of rotatable bonds is 4. The highest BCUT2D eigenvalue weighted by Gasteiger charge is 2.24. The van der Waals surface area contributed by atoms with Crippen LogP contribution in [0.2, 0.25) is 0 Å². The van der Waals surface area contributed by atoms with Gasteiger partial charge in [-0.1, -0.05) is 18.2 Å². The van der Waals surface area contributed by atoms with Gasteiger partial charge in [0.15, 0.2) is 0 Å². The van der Waals surface area contributed by atoms with Crippen LogP contribution in [0.5, 0.6) is 5.75 Å². The van der Waals surface area contributed by atoms with Crippen LogP contribution < -0.4 is 10.1 Å². The maximum Gasteiger partial charge on any atom is 0.129 e. The molecule has 0 radical (unpaired) electrons. The molecule has 1 atom stereocenters. The predicted molar refractivity (Wildman–Crippen MR) is 81.5 cm³/mol. The van der Waals surface area contributed by atoms with Gasteiger partial charge >= 0.3 is 0 Å². The summed E-state index contributed by atoms with van der Waals surface area (Å²) >= 11 is 0. The fraction of sp³-hybridized carbons (Fsp3) is 0.438. The molecule has 0 spiro atoms. The lowest BCUT2D eigenvalue weighted by molar-refractivity contribution is 0.191. The number of methoxy groups -OCH3 is 1. The van der Waals surface area contributed by atoms with E-state index in [0.29, 0.717) is 11.7 Å². The molecular weight excluding hydrogens is 266 g/mol. The second-order valence-electron chi connectivity index (χ2n) is 5.55.